The van der Waals surface area contributed by atoms with Crippen LogP contribution < -0.4 is 5.06 Å². The third-order valence-electron chi connectivity index (χ3n) is 3.05. The Morgan fingerprint density at radius 3 is 2.37 bits per heavy atom. The summed E-state index contributed by atoms with van der Waals surface area (Å²) in [7, 11) is 0. The van der Waals surface area contributed by atoms with Crippen molar-refractivity contribution >= 4 is 11.6 Å². The van der Waals surface area contributed by atoms with E-state index >= 15 is 0 Å². The summed E-state index contributed by atoms with van der Waals surface area (Å²) in [5.74, 6) is -0.293. The molecular weight excluding hydrogens is 238 g/mol. The number of hydrogen-bond acceptors (Lipinski definition) is 2. The second-order valence-corrected chi connectivity index (χ2v) is 4.48. The van der Waals surface area contributed by atoms with Gasteiger partial charge in [0, 0.05) is 6.42 Å². The summed E-state index contributed by atoms with van der Waals surface area (Å²) in [6.45, 7) is 1.86. The molecule has 2 aromatic carbocycles. The average Bonchev–Trinajstić information content (AvgIpc) is 2.45. The lowest BCUT2D eigenvalue weighted by Gasteiger charge is -2.17. The summed E-state index contributed by atoms with van der Waals surface area (Å²) in [5.41, 5.74) is 2.51. The Morgan fingerprint density at radius 2 is 1.68 bits per heavy atom. The number of carbonyl (C=O) groups excluding carboxylic acids is 1. The largest absolute Gasteiger partial charge is 0.281 e. The fourth-order valence-corrected chi connectivity index (χ4v) is 1.94. The quantitative estimate of drug-likeness (QED) is 0.672. The highest BCUT2D eigenvalue weighted by atomic mass is 16.5. The van der Waals surface area contributed by atoms with E-state index in [9.17, 15) is 10.0 Å². The van der Waals surface area contributed by atoms with Crippen LogP contribution in [0.1, 0.15) is 17.5 Å². The van der Waals surface area contributed by atoms with Crippen LogP contribution in [0.4, 0.5) is 5.69 Å². The van der Waals surface area contributed by atoms with Crippen molar-refractivity contribution in [2.24, 2.45) is 0 Å². The van der Waals surface area contributed by atoms with Gasteiger partial charge in [-0.2, -0.15) is 5.06 Å². The zero-order valence-corrected chi connectivity index (χ0v) is 10.9. The third kappa shape index (κ3) is 3.42. The average molecular weight is 255 g/mol. The van der Waals surface area contributed by atoms with Crippen LogP contribution >= 0.6 is 0 Å². The van der Waals surface area contributed by atoms with Gasteiger partial charge < -0.3 is 0 Å². The molecule has 0 bridgehead atoms. The first kappa shape index (κ1) is 13.3. The van der Waals surface area contributed by atoms with Crippen molar-refractivity contribution in [2.75, 3.05) is 5.06 Å². The molecule has 3 nitrogen and oxygen atoms in total. The molecule has 0 unspecified atom stereocenters. The molecule has 0 aliphatic heterocycles. The molecule has 2 aromatic rings. The normalized spacial score (nSPS) is 10.2. The van der Waals surface area contributed by atoms with Gasteiger partial charge in [0.15, 0.2) is 0 Å². The van der Waals surface area contributed by atoms with E-state index in [0.717, 1.165) is 16.2 Å². The Hall–Kier alpha value is -2.13. The van der Waals surface area contributed by atoms with E-state index in [1.165, 1.54) is 0 Å². The van der Waals surface area contributed by atoms with E-state index < -0.39 is 0 Å². The predicted molar refractivity (Wildman–Crippen MR) is 75.2 cm³/mol. The summed E-state index contributed by atoms with van der Waals surface area (Å²) in [6.07, 6.45) is 0.914. The lowest BCUT2D eigenvalue weighted by Crippen LogP contribution is -2.27. The number of carbonyl (C=O) groups is 1. The zero-order chi connectivity index (χ0) is 13.7. The van der Waals surface area contributed by atoms with Gasteiger partial charge in [0.25, 0.3) is 5.91 Å². The van der Waals surface area contributed by atoms with Gasteiger partial charge >= 0.3 is 0 Å². The molecule has 3 heteroatoms. The van der Waals surface area contributed by atoms with Gasteiger partial charge in [-0.15, -0.1) is 0 Å². The van der Waals surface area contributed by atoms with Gasteiger partial charge in [0.2, 0.25) is 0 Å². The topological polar surface area (TPSA) is 40.5 Å². The van der Waals surface area contributed by atoms with Crippen LogP contribution in [0.15, 0.2) is 54.6 Å². The monoisotopic (exact) mass is 255 g/mol. The van der Waals surface area contributed by atoms with Crippen LogP contribution in [0.25, 0.3) is 0 Å². The van der Waals surface area contributed by atoms with Crippen molar-refractivity contribution in [1.82, 2.24) is 0 Å². The molecule has 0 saturated carbocycles. The number of nitrogens with zero attached hydrogens (tertiary/aromatic N) is 1. The second-order valence-electron chi connectivity index (χ2n) is 4.48. The molecule has 2 rings (SSSR count). The number of hydrogen-bond donors (Lipinski definition) is 1. The maximum Gasteiger partial charge on any atom is 0.251 e. The molecule has 0 fully saturated rings. The smallest absolute Gasteiger partial charge is 0.251 e. The number of para-hydroxylation sites is 1. The first-order valence-corrected chi connectivity index (χ1v) is 6.30. The Bertz CT molecular complexity index is 552. The van der Waals surface area contributed by atoms with Crippen molar-refractivity contribution in [3.63, 3.8) is 0 Å². The Morgan fingerprint density at radius 1 is 1.05 bits per heavy atom. The number of aryl methyl sites for hydroxylation is 2. The molecule has 0 heterocycles. The van der Waals surface area contributed by atoms with Crippen molar-refractivity contribution in [2.45, 2.75) is 19.8 Å². The molecule has 0 atom stereocenters. The van der Waals surface area contributed by atoms with Crippen molar-refractivity contribution < 1.29 is 10.0 Å². The zero-order valence-electron chi connectivity index (χ0n) is 10.9. The minimum atomic E-state index is -0.293. The van der Waals surface area contributed by atoms with E-state index in [0.29, 0.717) is 12.1 Å². The Kier molecular flexibility index (Phi) is 4.31. The summed E-state index contributed by atoms with van der Waals surface area (Å²) in [5, 5.41) is 10.7. The molecule has 0 aromatic heterocycles. The molecule has 0 radical (unpaired) electrons. The van der Waals surface area contributed by atoms with E-state index in [2.05, 4.69) is 0 Å². The lowest BCUT2D eigenvalue weighted by molar-refractivity contribution is -0.123. The number of anilines is 1. The molecular formula is C16H17NO2. The van der Waals surface area contributed by atoms with Crippen LogP contribution in [-0.4, -0.2) is 11.1 Å². The number of rotatable bonds is 4. The number of hydroxylamine groups is 1. The summed E-state index contributed by atoms with van der Waals surface area (Å²) < 4.78 is 0. The second kappa shape index (κ2) is 6.16. The van der Waals surface area contributed by atoms with Crippen LogP contribution in [0.2, 0.25) is 0 Å². The van der Waals surface area contributed by atoms with Gasteiger partial charge in [0.1, 0.15) is 0 Å². The molecule has 98 valence electrons. The molecule has 0 aliphatic rings. The highest BCUT2D eigenvalue weighted by Gasteiger charge is 2.14. The minimum absolute atomic E-state index is 0.287. The SMILES string of the molecule is Cc1ccccc1N(O)C(=O)CCc1ccccc1. The van der Waals surface area contributed by atoms with E-state index in [-0.39, 0.29) is 12.3 Å². The molecule has 0 aliphatic carbocycles. The Labute approximate surface area is 113 Å². The van der Waals surface area contributed by atoms with Gasteiger partial charge in [0.05, 0.1) is 5.69 Å². The summed E-state index contributed by atoms with van der Waals surface area (Å²) >= 11 is 0. The molecule has 1 amide bonds. The molecule has 0 saturated heterocycles. The number of amides is 1. The van der Waals surface area contributed by atoms with Crippen molar-refractivity contribution in [3.05, 3.63) is 65.7 Å². The van der Waals surface area contributed by atoms with Crippen LogP contribution in [0.5, 0.6) is 0 Å². The van der Waals surface area contributed by atoms with Crippen molar-refractivity contribution in [1.29, 1.82) is 0 Å². The molecule has 19 heavy (non-hydrogen) atoms. The first-order valence-electron chi connectivity index (χ1n) is 6.30. The lowest BCUT2D eigenvalue weighted by atomic mass is 10.1. The molecule has 1 N–H and O–H groups in total. The van der Waals surface area contributed by atoms with Gasteiger partial charge in [-0.3, -0.25) is 10.0 Å². The minimum Gasteiger partial charge on any atom is -0.281 e. The predicted octanol–water partition coefficient (Wildman–Crippen LogP) is 3.35. The maximum atomic E-state index is 11.9. The van der Waals surface area contributed by atoms with E-state index in [1.807, 2.05) is 49.4 Å². The van der Waals surface area contributed by atoms with Crippen LogP contribution in [0, 0.1) is 6.92 Å². The number of benzene rings is 2. The summed E-state index contributed by atoms with van der Waals surface area (Å²) in [4.78, 5) is 11.9. The van der Waals surface area contributed by atoms with Crippen LogP contribution in [0.3, 0.4) is 0 Å². The first-order chi connectivity index (χ1) is 9.18. The third-order valence-corrected chi connectivity index (χ3v) is 3.05. The van der Waals surface area contributed by atoms with E-state index in [1.54, 1.807) is 12.1 Å². The maximum absolute atomic E-state index is 11.9. The summed E-state index contributed by atoms with van der Waals surface area (Å²) in [6, 6.07) is 17.0. The standard InChI is InChI=1S/C16H17NO2/c1-13-7-5-6-10-15(13)17(19)16(18)12-11-14-8-3-2-4-9-14/h2-10,19H,11-12H2,1H3. The fourth-order valence-electron chi connectivity index (χ4n) is 1.94. The van der Waals surface area contributed by atoms with Crippen LogP contribution in [-0.2, 0) is 11.2 Å². The fraction of sp³-hybridized carbons (Fsp3) is 0.188. The van der Waals surface area contributed by atoms with Gasteiger partial charge in [-0.1, -0.05) is 48.5 Å². The highest BCUT2D eigenvalue weighted by Crippen LogP contribution is 2.18. The highest BCUT2D eigenvalue weighted by molar-refractivity contribution is 5.91. The van der Waals surface area contributed by atoms with Gasteiger partial charge in [-0.25, -0.2) is 0 Å². The van der Waals surface area contributed by atoms with Gasteiger partial charge in [-0.05, 0) is 30.5 Å². The van der Waals surface area contributed by atoms with Crippen molar-refractivity contribution in [3.8, 4) is 0 Å². The molecule has 0 spiro atoms. The van der Waals surface area contributed by atoms with E-state index in [4.69, 9.17) is 0 Å². The Balaban J connectivity index is 1.99.